The summed E-state index contributed by atoms with van der Waals surface area (Å²) in [5.74, 6) is 1.45. The van der Waals surface area contributed by atoms with E-state index in [1.807, 2.05) is 35.8 Å². The molecule has 4 heteroatoms. The molecule has 0 amide bonds. The number of aromatic nitrogens is 1. The Labute approximate surface area is 138 Å². The Balaban J connectivity index is 2.05. The van der Waals surface area contributed by atoms with Gasteiger partial charge >= 0.3 is 0 Å². The summed E-state index contributed by atoms with van der Waals surface area (Å²) < 4.78 is 7.78. The Kier molecular flexibility index (Phi) is 5.70. The zero-order valence-electron chi connectivity index (χ0n) is 14.2. The zero-order chi connectivity index (χ0) is 16.8. The Morgan fingerprint density at radius 3 is 2.57 bits per heavy atom. The molecule has 122 valence electrons. The molecule has 23 heavy (non-hydrogen) atoms. The van der Waals surface area contributed by atoms with E-state index >= 15 is 0 Å². The topological polar surface area (TPSA) is 64.0 Å². The van der Waals surface area contributed by atoms with Crippen LogP contribution in [0.4, 0.5) is 5.69 Å². The van der Waals surface area contributed by atoms with Gasteiger partial charge < -0.3 is 15.0 Å². The van der Waals surface area contributed by atoms with E-state index in [0.29, 0.717) is 30.5 Å². The lowest BCUT2D eigenvalue weighted by Crippen LogP contribution is -2.13. The average Bonchev–Trinajstić information content (AvgIpc) is 2.82. The van der Waals surface area contributed by atoms with Gasteiger partial charge in [0.15, 0.2) is 0 Å². The molecule has 0 unspecified atom stereocenters. The molecular weight excluding hydrogens is 286 g/mol. The summed E-state index contributed by atoms with van der Waals surface area (Å²) in [7, 11) is 0. The second-order valence-corrected chi connectivity index (χ2v) is 6.29. The number of nitrogens with two attached hydrogens (primary N) is 1. The molecular formula is C19H25N3O. The first-order valence-electron chi connectivity index (χ1n) is 8.08. The summed E-state index contributed by atoms with van der Waals surface area (Å²) in [5.41, 5.74) is 9.65. The summed E-state index contributed by atoms with van der Waals surface area (Å²) in [4.78, 5) is 0. The van der Waals surface area contributed by atoms with Crippen LogP contribution in [0.1, 0.15) is 37.2 Å². The van der Waals surface area contributed by atoms with E-state index in [9.17, 15) is 5.26 Å². The van der Waals surface area contributed by atoms with Crippen molar-refractivity contribution >= 4 is 5.69 Å². The largest absolute Gasteiger partial charge is 0.492 e. The highest BCUT2D eigenvalue weighted by molar-refractivity contribution is 5.50. The van der Waals surface area contributed by atoms with Gasteiger partial charge in [0.25, 0.3) is 0 Å². The number of ether oxygens (including phenoxy) is 1. The monoisotopic (exact) mass is 311 g/mol. The summed E-state index contributed by atoms with van der Waals surface area (Å²) in [6, 6.07) is 12.0. The predicted molar refractivity (Wildman–Crippen MR) is 93.4 cm³/mol. The molecule has 2 N–H and O–H groups in total. The van der Waals surface area contributed by atoms with E-state index < -0.39 is 0 Å². The highest BCUT2D eigenvalue weighted by Crippen LogP contribution is 2.21. The molecule has 0 aliphatic heterocycles. The number of aryl methyl sites for hydroxylation is 1. The SMILES string of the molecule is Cc1ccc(OCCn2c(C#N)cc(N)c2CCC(C)C)cc1. The number of rotatable bonds is 7. The third-order valence-corrected chi connectivity index (χ3v) is 3.92. The van der Waals surface area contributed by atoms with Gasteiger partial charge in [0.2, 0.25) is 0 Å². The number of nitrogens with zero attached hydrogens (tertiary/aromatic N) is 2. The van der Waals surface area contributed by atoms with Crippen molar-refractivity contribution in [2.24, 2.45) is 5.92 Å². The van der Waals surface area contributed by atoms with Gasteiger partial charge in [0, 0.05) is 5.69 Å². The molecule has 0 aliphatic carbocycles. The van der Waals surface area contributed by atoms with Crippen LogP contribution in [0.25, 0.3) is 0 Å². The van der Waals surface area contributed by atoms with Crippen LogP contribution in [0.2, 0.25) is 0 Å². The van der Waals surface area contributed by atoms with E-state index in [1.54, 1.807) is 6.07 Å². The molecule has 0 spiro atoms. The first-order chi connectivity index (χ1) is 11.0. The smallest absolute Gasteiger partial charge is 0.122 e. The lowest BCUT2D eigenvalue weighted by molar-refractivity contribution is 0.296. The molecule has 0 radical (unpaired) electrons. The third-order valence-electron chi connectivity index (χ3n) is 3.92. The Bertz CT molecular complexity index is 678. The van der Waals surface area contributed by atoms with Gasteiger partial charge in [-0.1, -0.05) is 31.5 Å². The van der Waals surface area contributed by atoms with Crippen molar-refractivity contribution in [3.63, 3.8) is 0 Å². The van der Waals surface area contributed by atoms with Crippen LogP contribution in [-0.4, -0.2) is 11.2 Å². The predicted octanol–water partition coefficient (Wildman–Crippen LogP) is 3.92. The molecule has 2 aromatic rings. The van der Waals surface area contributed by atoms with E-state index in [1.165, 1.54) is 5.56 Å². The van der Waals surface area contributed by atoms with Crippen molar-refractivity contribution in [3.05, 3.63) is 47.3 Å². The number of hydrogen-bond donors (Lipinski definition) is 1. The quantitative estimate of drug-likeness (QED) is 0.843. The van der Waals surface area contributed by atoms with Crippen molar-refractivity contribution in [1.82, 2.24) is 4.57 Å². The fraction of sp³-hybridized carbons (Fsp3) is 0.421. The van der Waals surface area contributed by atoms with Crippen molar-refractivity contribution < 1.29 is 4.74 Å². The second kappa shape index (κ2) is 7.73. The van der Waals surface area contributed by atoms with E-state index in [4.69, 9.17) is 10.5 Å². The minimum atomic E-state index is 0.514. The highest BCUT2D eigenvalue weighted by Gasteiger charge is 2.13. The first kappa shape index (κ1) is 17.0. The summed E-state index contributed by atoms with van der Waals surface area (Å²) in [6.45, 7) is 7.57. The lowest BCUT2D eigenvalue weighted by Gasteiger charge is -2.13. The fourth-order valence-corrected chi connectivity index (χ4v) is 2.55. The molecule has 1 aromatic heterocycles. The molecule has 4 nitrogen and oxygen atoms in total. The molecule has 0 saturated heterocycles. The molecule has 1 aromatic carbocycles. The summed E-state index contributed by atoms with van der Waals surface area (Å²) in [5, 5.41) is 9.31. The minimum Gasteiger partial charge on any atom is -0.492 e. The molecule has 1 heterocycles. The fourth-order valence-electron chi connectivity index (χ4n) is 2.55. The third kappa shape index (κ3) is 4.53. The van der Waals surface area contributed by atoms with Gasteiger partial charge in [-0.05, 0) is 43.9 Å². The van der Waals surface area contributed by atoms with Crippen molar-refractivity contribution in [2.75, 3.05) is 12.3 Å². The molecule has 0 bridgehead atoms. The Morgan fingerprint density at radius 1 is 1.26 bits per heavy atom. The molecule has 0 saturated carbocycles. The Morgan fingerprint density at radius 2 is 1.96 bits per heavy atom. The number of nitriles is 1. The average molecular weight is 311 g/mol. The normalized spacial score (nSPS) is 10.7. The number of hydrogen-bond acceptors (Lipinski definition) is 3. The Hall–Kier alpha value is -2.41. The molecule has 2 rings (SSSR count). The minimum absolute atomic E-state index is 0.514. The summed E-state index contributed by atoms with van der Waals surface area (Å²) in [6.07, 6.45) is 1.94. The number of anilines is 1. The van der Waals surface area contributed by atoms with Crippen LogP contribution in [0.3, 0.4) is 0 Å². The van der Waals surface area contributed by atoms with Gasteiger partial charge in [-0.2, -0.15) is 5.26 Å². The zero-order valence-corrected chi connectivity index (χ0v) is 14.2. The van der Waals surface area contributed by atoms with Gasteiger partial charge in [0.05, 0.1) is 12.2 Å². The van der Waals surface area contributed by atoms with Crippen molar-refractivity contribution in [1.29, 1.82) is 5.26 Å². The van der Waals surface area contributed by atoms with Crippen LogP contribution in [0.5, 0.6) is 5.75 Å². The van der Waals surface area contributed by atoms with Gasteiger partial charge in [-0.25, -0.2) is 0 Å². The number of benzene rings is 1. The van der Waals surface area contributed by atoms with Crippen LogP contribution in [0, 0.1) is 24.2 Å². The highest BCUT2D eigenvalue weighted by atomic mass is 16.5. The van der Waals surface area contributed by atoms with Crippen LogP contribution in [0.15, 0.2) is 30.3 Å². The van der Waals surface area contributed by atoms with E-state index in [-0.39, 0.29) is 0 Å². The van der Waals surface area contributed by atoms with Crippen LogP contribution >= 0.6 is 0 Å². The maximum Gasteiger partial charge on any atom is 0.122 e. The van der Waals surface area contributed by atoms with Gasteiger partial charge in [0.1, 0.15) is 24.1 Å². The van der Waals surface area contributed by atoms with Crippen LogP contribution < -0.4 is 10.5 Å². The van der Waals surface area contributed by atoms with E-state index in [2.05, 4.69) is 19.9 Å². The molecule has 0 fully saturated rings. The van der Waals surface area contributed by atoms with E-state index in [0.717, 1.165) is 24.3 Å². The first-order valence-corrected chi connectivity index (χ1v) is 8.08. The summed E-state index contributed by atoms with van der Waals surface area (Å²) >= 11 is 0. The van der Waals surface area contributed by atoms with Crippen LogP contribution in [-0.2, 0) is 13.0 Å². The molecule has 0 atom stereocenters. The van der Waals surface area contributed by atoms with Crippen molar-refractivity contribution in [3.8, 4) is 11.8 Å². The lowest BCUT2D eigenvalue weighted by atomic mass is 10.1. The van der Waals surface area contributed by atoms with Gasteiger partial charge in [-0.3, -0.25) is 0 Å². The van der Waals surface area contributed by atoms with Gasteiger partial charge in [-0.15, -0.1) is 0 Å². The number of nitrogen functional groups attached to an aromatic ring is 1. The molecule has 0 aliphatic rings. The second-order valence-electron chi connectivity index (χ2n) is 6.29. The maximum atomic E-state index is 9.31. The standard InChI is InChI=1S/C19H25N3O/c1-14(2)4-9-19-18(21)12-16(13-20)22(19)10-11-23-17-7-5-15(3)6-8-17/h5-8,12,14H,4,9-11,21H2,1-3H3. The maximum absolute atomic E-state index is 9.31. The van der Waals surface area contributed by atoms with Crippen molar-refractivity contribution in [2.45, 2.75) is 40.2 Å².